The summed E-state index contributed by atoms with van der Waals surface area (Å²) in [5, 5.41) is 9.71. The number of pyridine rings is 1. The fourth-order valence-corrected chi connectivity index (χ4v) is 3.72. The second kappa shape index (κ2) is 8.86. The first-order chi connectivity index (χ1) is 15.5. The molecule has 6 heteroatoms. The Morgan fingerprint density at radius 2 is 1.69 bits per heavy atom. The molecule has 1 amide bonds. The van der Waals surface area contributed by atoms with Gasteiger partial charge in [0.2, 0.25) is 0 Å². The molecule has 5 nitrogen and oxygen atoms in total. The van der Waals surface area contributed by atoms with Gasteiger partial charge < -0.3 is 9.47 Å². The maximum Gasteiger partial charge on any atom is 0.255 e. The van der Waals surface area contributed by atoms with E-state index in [-0.39, 0.29) is 30.4 Å². The molecule has 4 rings (SSSR count). The van der Waals surface area contributed by atoms with E-state index in [4.69, 9.17) is 5.26 Å². The molecule has 0 aliphatic rings. The first-order valence-corrected chi connectivity index (χ1v) is 10.1. The van der Waals surface area contributed by atoms with Crippen molar-refractivity contribution in [1.82, 2.24) is 9.47 Å². The third-order valence-electron chi connectivity index (χ3n) is 5.39. The number of aromatic nitrogens is 1. The summed E-state index contributed by atoms with van der Waals surface area (Å²) in [7, 11) is 1.67. The molecular formula is C26H20FN3O2. The average Bonchev–Trinajstić information content (AvgIpc) is 2.81. The Morgan fingerprint density at radius 1 is 0.969 bits per heavy atom. The third-order valence-corrected chi connectivity index (χ3v) is 5.39. The van der Waals surface area contributed by atoms with Crippen LogP contribution < -0.4 is 5.56 Å². The molecule has 0 saturated heterocycles. The van der Waals surface area contributed by atoms with Gasteiger partial charge in [-0.15, -0.1) is 0 Å². The highest BCUT2D eigenvalue weighted by Gasteiger charge is 2.21. The molecule has 3 aromatic carbocycles. The van der Waals surface area contributed by atoms with Crippen molar-refractivity contribution in [3.63, 3.8) is 0 Å². The number of benzene rings is 3. The van der Waals surface area contributed by atoms with Crippen LogP contribution in [0.25, 0.3) is 10.9 Å². The van der Waals surface area contributed by atoms with Gasteiger partial charge in [0.1, 0.15) is 5.82 Å². The van der Waals surface area contributed by atoms with Crippen molar-refractivity contribution in [1.29, 1.82) is 5.26 Å². The van der Waals surface area contributed by atoms with Crippen molar-refractivity contribution in [2.75, 3.05) is 0 Å². The third kappa shape index (κ3) is 4.28. The number of halogens is 1. The topological polar surface area (TPSA) is 66.1 Å². The maximum atomic E-state index is 13.8. The van der Waals surface area contributed by atoms with E-state index in [2.05, 4.69) is 6.07 Å². The highest BCUT2D eigenvalue weighted by atomic mass is 19.1. The molecule has 1 heterocycles. The SMILES string of the molecule is Cn1c(=O)cc(C(=O)N(Cc2ccc(C#N)cc2)Cc2cccc(F)c2)c2ccccc21. The molecule has 0 fully saturated rings. The summed E-state index contributed by atoms with van der Waals surface area (Å²) in [6.07, 6.45) is 0. The molecule has 0 spiro atoms. The van der Waals surface area contributed by atoms with Gasteiger partial charge in [-0.1, -0.05) is 42.5 Å². The molecule has 0 N–H and O–H groups in total. The number of rotatable bonds is 5. The number of fused-ring (bicyclic) bond motifs is 1. The van der Waals surface area contributed by atoms with Crippen molar-refractivity contribution in [3.8, 4) is 6.07 Å². The van der Waals surface area contributed by atoms with Gasteiger partial charge in [0.05, 0.1) is 22.7 Å². The Labute approximate surface area is 184 Å². The van der Waals surface area contributed by atoms with Crippen LogP contribution in [0.15, 0.2) is 83.7 Å². The van der Waals surface area contributed by atoms with E-state index in [9.17, 15) is 14.0 Å². The minimum absolute atomic E-state index is 0.167. The number of carbonyl (C=O) groups is 1. The number of para-hydroxylation sites is 1. The van der Waals surface area contributed by atoms with E-state index in [1.165, 1.54) is 22.8 Å². The molecule has 0 unspecified atom stereocenters. The monoisotopic (exact) mass is 425 g/mol. The molecule has 158 valence electrons. The minimum Gasteiger partial charge on any atom is -0.330 e. The minimum atomic E-state index is -0.382. The number of nitriles is 1. The van der Waals surface area contributed by atoms with Crippen LogP contribution >= 0.6 is 0 Å². The average molecular weight is 425 g/mol. The molecule has 0 radical (unpaired) electrons. The van der Waals surface area contributed by atoms with E-state index >= 15 is 0 Å². The number of aryl methyl sites for hydroxylation is 1. The van der Waals surface area contributed by atoms with Crippen molar-refractivity contribution < 1.29 is 9.18 Å². The molecule has 32 heavy (non-hydrogen) atoms. The lowest BCUT2D eigenvalue weighted by Gasteiger charge is -2.24. The summed E-state index contributed by atoms with van der Waals surface area (Å²) < 4.78 is 15.3. The number of carbonyl (C=O) groups excluding carboxylic acids is 1. The molecule has 1 aromatic heterocycles. The summed E-state index contributed by atoms with van der Waals surface area (Å²) >= 11 is 0. The van der Waals surface area contributed by atoms with E-state index < -0.39 is 0 Å². The van der Waals surface area contributed by atoms with Crippen LogP contribution in [0.2, 0.25) is 0 Å². The lowest BCUT2D eigenvalue weighted by atomic mass is 10.1. The van der Waals surface area contributed by atoms with Crippen LogP contribution in [-0.4, -0.2) is 15.4 Å². The highest BCUT2D eigenvalue weighted by molar-refractivity contribution is 6.06. The Balaban J connectivity index is 1.77. The number of hydrogen-bond acceptors (Lipinski definition) is 3. The van der Waals surface area contributed by atoms with Crippen LogP contribution in [0, 0.1) is 17.1 Å². The number of nitrogens with zero attached hydrogens (tertiary/aromatic N) is 3. The Kier molecular flexibility index (Phi) is 5.82. The van der Waals surface area contributed by atoms with Crippen LogP contribution in [0.1, 0.15) is 27.0 Å². The zero-order valence-corrected chi connectivity index (χ0v) is 17.5. The lowest BCUT2D eigenvalue weighted by Crippen LogP contribution is -2.32. The molecule has 4 aromatic rings. The van der Waals surface area contributed by atoms with Gasteiger partial charge in [0.25, 0.3) is 11.5 Å². The lowest BCUT2D eigenvalue weighted by molar-refractivity contribution is 0.0731. The molecule has 0 aliphatic carbocycles. The smallest absolute Gasteiger partial charge is 0.255 e. The highest BCUT2D eigenvalue weighted by Crippen LogP contribution is 2.21. The standard InChI is InChI=1S/C26H20FN3O2/c1-29-24-8-3-2-7-22(24)23(14-25(29)31)26(32)30(17-20-5-4-6-21(27)13-20)16-19-11-9-18(15-28)10-12-19/h2-14H,16-17H2,1H3. The van der Waals surface area contributed by atoms with Crippen LogP contribution in [0.5, 0.6) is 0 Å². The van der Waals surface area contributed by atoms with Crippen molar-refractivity contribution >= 4 is 16.8 Å². The van der Waals surface area contributed by atoms with E-state index in [1.54, 1.807) is 54.4 Å². The molecule has 0 aliphatic heterocycles. The largest absolute Gasteiger partial charge is 0.330 e. The van der Waals surface area contributed by atoms with Gasteiger partial charge in [0, 0.05) is 31.6 Å². The molecule has 0 saturated carbocycles. The fourth-order valence-electron chi connectivity index (χ4n) is 3.72. The second-order valence-corrected chi connectivity index (χ2v) is 7.57. The summed E-state index contributed by atoms with van der Waals surface area (Å²) in [5.41, 5.74) is 2.66. The number of amides is 1. The molecular weight excluding hydrogens is 405 g/mol. The summed E-state index contributed by atoms with van der Waals surface area (Å²) in [6, 6.07) is 23.7. The quantitative estimate of drug-likeness (QED) is 0.476. The van der Waals surface area contributed by atoms with E-state index in [0.717, 1.165) is 5.56 Å². The Hall–Kier alpha value is -4.24. The van der Waals surface area contributed by atoms with Crippen LogP contribution in [0.4, 0.5) is 4.39 Å². The second-order valence-electron chi connectivity index (χ2n) is 7.57. The first-order valence-electron chi connectivity index (χ1n) is 10.1. The Morgan fingerprint density at radius 3 is 2.41 bits per heavy atom. The normalized spacial score (nSPS) is 10.7. The van der Waals surface area contributed by atoms with Gasteiger partial charge >= 0.3 is 0 Å². The van der Waals surface area contributed by atoms with Crippen molar-refractivity contribution in [2.45, 2.75) is 13.1 Å². The molecule has 0 bridgehead atoms. The Bertz CT molecular complexity index is 1400. The van der Waals surface area contributed by atoms with Crippen molar-refractivity contribution in [3.05, 3.63) is 117 Å². The van der Waals surface area contributed by atoms with Crippen molar-refractivity contribution in [2.24, 2.45) is 7.05 Å². The van der Waals surface area contributed by atoms with Gasteiger partial charge in [-0.3, -0.25) is 9.59 Å². The molecule has 0 atom stereocenters. The van der Waals surface area contributed by atoms with Crippen LogP contribution in [0.3, 0.4) is 0 Å². The fraction of sp³-hybridized carbons (Fsp3) is 0.115. The van der Waals surface area contributed by atoms with Gasteiger partial charge in [0.15, 0.2) is 0 Å². The van der Waals surface area contributed by atoms with Gasteiger partial charge in [-0.2, -0.15) is 5.26 Å². The number of hydrogen-bond donors (Lipinski definition) is 0. The maximum absolute atomic E-state index is 13.8. The summed E-state index contributed by atoms with van der Waals surface area (Å²) in [6.45, 7) is 0.407. The zero-order chi connectivity index (χ0) is 22.7. The summed E-state index contributed by atoms with van der Waals surface area (Å²) in [4.78, 5) is 27.8. The first kappa shape index (κ1) is 21.0. The summed E-state index contributed by atoms with van der Waals surface area (Å²) in [5.74, 6) is -0.708. The van der Waals surface area contributed by atoms with E-state index in [0.29, 0.717) is 27.6 Å². The predicted molar refractivity (Wildman–Crippen MR) is 120 cm³/mol. The van der Waals surface area contributed by atoms with Gasteiger partial charge in [-0.25, -0.2) is 4.39 Å². The predicted octanol–water partition coefficient (Wildman–Crippen LogP) is 4.39. The van der Waals surface area contributed by atoms with E-state index in [1.807, 2.05) is 18.2 Å². The van der Waals surface area contributed by atoms with Gasteiger partial charge in [-0.05, 0) is 41.5 Å². The van der Waals surface area contributed by atoms with Crippen LogP contribution in [-0.2, 0) is 20.1 Å². The zero-order valence-electron chi connectivity index (χ0n) is 17.5.